The standard InChI is InChI=1S/C21H24ClN5O2S/c22-16-11-23-19(24-12-16)14-2-7-27(8-3-14)17-10-15-4-9-30(29)18(15)20(25-17)26-21(13-28)5-1-6-21/h2,10-12,28H,1,3-9,13H2,(H,25,26)/t30-/m1/s1. The van der Waals surface area contributed by atoms with E-state index < -0.39 is 10.8 Å². The maximum Gasteiger partial charge on any atom is 0.154 e. The number of rotatable bonds is 5. The van der Waals surface area contributed by atoms with Gasteiger partial charge in [-0.05, 0) is 49.3 Å². The summed E-state index contributed by atoms with van der Waals surface area (Å²) in [5.74, 6) is 2.92. The van der Waals surface area contributed by atoms with Crippen LogP contribution in [-0.2, 0) is 17.2 Å². The largest absolute Gasteiger partial charge is 0.394 e. The van der Waals surface area contributed by atoms with Crippen LogP contribution in [0.1, 0.15) is 37.1 Å². The van der Waals surface area contributed by atoms with Gasteiger partial charge in [0.2, 0.25) is 0 Å². The maximum absolute atomic E-state index is 12.6. The second-order valence-corrected chi connectivity index (χ2v) is 10.1. The maximum atomic E-state index is 12.6. The molecule has 0 spiro atoms. The van der Waals surface area contributed by atoms with Crippen molar-refractivity contribution in [2.45, 2.75) is 42.5 Å². The van der Waals surface area contributed by atoms with Gasteiger partial charge in [-0.3, -0.25) is 4.21 Å². The van der Waals surface area contributed by atoms with Crippen molar-refractivity contribution in [1.29, 1.82) is 0 Å². The fraction of sp³-hybridized carbons (Fsp3) is 0.476. The highest BCUT2D eigenvalue weighted by atomic mass is 35.5. The third-order valence-electron chi connectivity index (χ3n) is 6.26. The SMILES string of the molecule is O=[S@@]1CCc2cc(N3CC=C(c4ncc(Cl)cn4)CC3)nc(NC3(CO)CCC3)c21. The fourth-order valence-corrected chi connectivity index (χ4v) is 5.77. The smallest absolute Gasteiger partial charge is 0.154 e. The molecule has 3 aliphatic rings. The molecule has 7 nitrogen and oxygen atoms in total. The van der Waals surface area contributed by atoms with E-state index in [9.17, 15) is 9.32 Å². The molecule has 0 saturated heterocycles. The minimum absolute atomic E-state index is 0.0667. The zero-order valence-electron chi connectivity index (χ0n) is 16.6. The first-order chi connectivity index (χ1) is 14.6. The molecular formula is C21H24ClN5O2S. The van der Waals surface area contributed by atoms with Crippen LogP contribution < -0.4 is 10.2 Å². The normalized spacial score (nSPS) is 22.3. The highest BCUT2D eigenvalue weighted by Gasteiger charge is 2.38. The highest BCUT2D eigenvalue weighted by molar-refractivity contribution is 7.85. The van der Waals surface area contributed by atoms with Crippen molar-refractivity contribution in [2.75, 3.05) is 35.7 Å². The van der Waals surface area contributed by atoms with E-state index in [2.05, 4.69) is 32.3 Å². The summed E-state index contributed by atoms with van der Waals surface area (Å²) in [5.41, 5.74) is 1.88. The van der Waals surface area contributed by atoms with Crippen molar-refractivity contribution < 1.29 is 9.32 Å². The molecule has 2 aliphatic heterocycles. The lowest BCUT2D eigenvalue weighted by atomic mass is 9.77. The average Bonchev–Trinajstić information content (AvgIpc) is 3.12. The summed E-state index contributed by atoms with van der Waals surface area (Å²) in [6.45, 7) is 1.58. The van der Waals surface area contributed by atoms with Crippen LogP contribution in [0.4, 0.5) is 11.6 Å². The van der Waals surface area contributed by atoms with Crippen molar-refractivity contribution in [3.05, 3.63) is 40.9 Å². The number of halogens is 1. The molecule has 2 aromatic rings. The van der Waals surface area contributed by atoms with Gasteiger partial charge < -0.3 is 15.3 Å². The molecule has 2 N–H and O–H groups in total. The first kappa shape index (κ1) is 19.9. The molecule has 5 rings (SSSR count). The van der Waals surface area contributed by atoms with Crippen LogP contribution in [0.3, 0.4) is 0 Å². The molecule has 0 unspecified atom stereocenters. The molecule has 1 aliphatic carbocycles. The lowest BCUT2D eigenvalue weighted by molar-refractivity contribution is 0.143. The number of aromatic nitrogens is 3. The van der Waals surface area contributed by atoms with E-state index in [1.165, 1.54) is 0 Å². The van der Waals surface area contributed by atoms with Crippen LogP contribution in [0, 0.1) is 0 Å². The van der Waals surface area contributed by atoms with Crippen LogP contribution in [0.25, 0.3) is 5.57 Å². The van der Waals surface area contributed by atoms with Crippen LogP contribution in [0.5, 0.6) is 0 Å². The molecule has 0 amide bonds. The molecule has 4 heterocycles. The Kier molecular flexibility index (Phi) is 5.24. The lowest BCUT2D eigenvalue weighted by Crippen LogP contribution is -2.48. The Hall–Kier alpha value is -2.03. The van der Waals surface area contributed by atoms with Gasteiger partial charge in [-0.15, -0.1) is 0 Å². The number of aliphatic hydroxyl groups is 1. The van der Waals surface area contributed by atoms with Crippen molar-refractivity contribution in [3.8, 4) is 0 Å². The quantitative estimate of drug-likeness (QED) is 0.731. The van der Waals surface area contributed by atoms with E-state index in [-0.39, 0.29) is 12.1 Å². The van der Waals surface area contributed by atoms with Gasteiger partial charge in [-0.25, -0.2) is 15.0 Å². The van der Waals surface area contributed by atoms with E-state index >= 15 is 0 Å². The Labute approximate surface area is 183 Å². The van der Waals surface area contributed by atoms with Gasteiger partial charge in [0.1, 0.15) is 11.6 Å². The number of fused-ring (bicyclic) bond motifs is 1. The number of aliphatic hydroxyl groups excluding tert-OH is 1. The van der Waals surface area contributed by atoms with Crippen molar-refractivity contribution in [2.24, 2.45) is 0 Å². The molecule has 0 aromatic carbocycles. The molecule has 1 saturated carbocycles. The third-order valence-corrected chi connectivity index (χ3v) is 7.94. The first-order valence-corrected chi connectivity index (χ1v) is 12.0. The van der Waals surface area contributed by atoms with E-state index in [1.807, 2.05) is 0 Å². The van der Waals surface area contributed by atoms with E-state index in [0.29, 0.717) is 29.0 Å². The number of anilines is 2. The monoisotopic (exact) mass is 445 g/mol. The molecular weight excluding hydrogens is 422 g/mol. The van der Waals surface area contributed by atoms with E-state index in [0.717, 1.165) is 60.5 Å². The summed E-state index contributed by atoms with van der Waals surface area (Å²) in [7, 11) is -1.03. The molecule has 9 heteroatoms. The van der Waals surface area contributed by atoms with Crippen LogP contribution in [-0.4, -0.2) is 55.3 Å². The van der Waals surface area contributed by atoms with Crippen molar-refractivity contribution >= 4 is 39.6 Å². The summed E-state index contributed by atoms with van der Waals surface area (Å²) in [6.07, 6.45) is 9.89. The van der Waals surface area contributed by atoms with Crippen LogP contribution >= 0.6 is 11.6 Å². The van der Waals surface area contributed by atoms with Crippen LogP contribution in [0.15, 0.2) is 29.4 Å². The van der Waals surface area contributed by atoms with Crippen molar-refractivity contribution in [3.63, 3.8) is 0 Å². The number of hydrogen-bond donors (Lipinski definition) is 2. The zero-order valence-corrected chi connectivity index (χ0v) is 18.2. The molecule has 2 aromatic heterocycles. The molecule has 1 fully saturated rings. The number of nitrogens with zero attached hydrogens (tertiary/aromatic N) is 4. The summed E-state index contributed by atoms with van der Waals surface area (Å²) >= 11 is 5.89. The number of aryl methyl sites for hydroxylation is 1. The minimum Gasteiger partial charge on any atom is -0.394 e. The Bertz CT molecular complexity index is 1020. The van der Waals surface area contributed by atoms with Gasteiger partial charge in [0.15, 0.2) is 5.82 Å². The molecule has 158 valence electrons. The fourth-order valence-electron chi connectivity index (χ4n) is 4.30. The number of nitrogens with one attached hydrogen (secondary N) is 1. The predicted molar refractivity (Wildman–Crippen MR) is 118 cm³/mol. The Morgan fingerprint density at radius 3 is 2.70 bits per heavy atom. The third kappa shape index (κ3) is 3.61. The highest BCUT2D eigenvalue weighted by Crippen LogP contribution is 2.39. The Balaban J connectivity index is 1.42. The summed E-state index contributed by atoms with van der Waals surface area (Å²) in [4.78, 5) is 16.6. The summed E-state index contributed by atoms with van der Waals surface area (Å²) < 4.78 is 12.6. The van der Waals surface area contributed by atoms with Gasteiger partial charge in [-0.1, -0.05) is 17.7 Å². The van der Waals surface area contributed by atoms with Gasteiger partial charge in [0.25, 0.3) is 0 Å². The second-order valence-electron chi connectivity index (χ2n) is 8.18. The number of hydrogen-bond acceptors (Lipinski definition) is 7. The van der Waals surface area contributed by atoms with Crippen molar-refractivity contribution in [1.82, 2.24) is 15.0 Å². The summed E-state index contributed by atoms with van der Waals surface area (Å²) in [6, 6.07) is 2.08. The Morgan fingerprint density at radius 1 is 1.27 bits per heavy atom. The van der Waals surface area contributed by atoms with Gasteiger partial charge in [0.05, 0.1) is 32.9 Å². The minimum atomic E-state index is -1.03. The topological polar surface area (TPSA) is 91.2 Å². The van der Waals surface area contributed by atoms with Gasteiger partial charge in [-0.2, -0.15) is 0 Å². The molecule has 1 atom stereocenters. The molecule has 0 bridgehead atoms. The Morgan fingerprint density at radius 2 is 2.07 bits per heavy atom. The molecule has 0 radical (unpaired) electrons. The van der Waals surface area contributed by atoms with Gasteiger partial charge in [0, 0.05) is 31.2 Å². The average molecular weight is 446 g/mol. The molecule has 30 heavy (non-hydrogen) atoms. The second kappa shape index (κ2) is 7.90. The number of pyridine rings is 1. The van der Waals surface area contributed by atoms with Crippen LogP contribution in [0.2, 0.25) is 5.02 Å². The van der Waals surface area contributed by atoms with E-state index in [1.54, 1.807) is 12.4 Å². The zero-order chi connectivity index (χ0) is 20.7. The first-order valence-electron chi connectivity index (χ1n) is 10.3. The van der Waals surface area contributed by atoms with Gasteiger partial charge >= 0.3 is 0 Å². The predicted octanol–water partition coefficient (Wildman–Crippen LogP) is 2.81. The lowest BCUT2D eigenvalue weighted by Gasteiger charge is -2.42. The summed E-state index contributed by atoms with van der Waals surface area (Å²) in [5, 5.41) is 13.9. The van der Waals surface area contributed by atoms with E-state index in [4.69, 9.17) is 16.6 Å².